The van der Waals surface area contributed by atoms with Crippen LogP contribution >= 0.6 is 0 Å². The van der Waals surface area contributed by atoms with Crippen LogP contribution < -0.4 is 5.32 Å². The predicted octanol–water partition coefficient (Wildman–Crippen LogP) is 1.74. The summed E-state index contributed by atoms with van der Waals surface area (Å²) in [6.07, 6.45) is 2.50. The van der Waals surface area contributed by atoms with E-state index < -0.39 is 11.9 Å². The van der Waals surface area contributed by atoms with Crippen LogP contribution in [0.1, 0.15) is 26.5 Å². The zero-order valence-electron chi connectivity index (χ0n) is 10.1. The van der Waals surface area contributed by atoms with Crippen molar-refractivity contribution < 1.29 is 14.7 Å². The minimum absolute atomic E-state index is 0.212. The van der Waals surface area contributed by atoms with E-state index in [1.165, 1.54) is 12.4 Å². The summed E-state index contributed by atoms with van der Waals surface area (Å²) in [6, 6.07) is 7.16. The fourth-order valence-electron chi connectivity index (χ4n) is 1.57. The lowest BCUT2D eigenvalue weighted by Gasteiger charge is -2.06. The third-order valence-corrected chi connectivity index (χ3v) is 2.39. The quantitative estimate of drug-likeness (QED) is 0.873. The van der Waals surface area contributed by atoms with Gasteiger partial charge in [-0.2, -0.15) is 0 Å². The van der Waals surface area contributed by atoms with E-state index in [-0.39, 0.29) is 11.4 Å². The van der Waals surface area contributed by atoms with Crippen molar-refractivity contribution in [2.45, 2.75) is 6.92 Å². The summed E-state index contributed by atoms with van der Waals surface area (Å²) in [5, 5.41) is 11.5. The fourth-order valence-corrected chi connectivity index (χ4v) is 1.57. The zero-order chi connectivity index (χ0) is 13.8. The molecule has 1 aromatic carbocycles. The number of aromatic carboxylic acids is 1. The van der Waals surface area contributed by atoms with E-state index >= 15 is 0 Å². The molecular weight excluding hydrogens is 246 g/mol. The first-order valence-electron chi connectivity index (χ1n) is 5.50. The molecule has 96 valence electrons. The number of aromatic nitrogens is 2. The Balaban J connectivity index is 2.28. The minimum atomic E-state index is -1.29. The van der Waals surface area contributed by atoms with Gasteiger partial charge < -0.3 is 10.4 Å². The number of nitrogens with zero attached hydrogens (tertiary/aromatic N) is 2. The Morgan fingerprint density at radius 2 is 1.84 bits per heavy atom. The molecule has 0 atom stereocenters. The first-order chi connectivity index (χ1) is 9.08. The second-order valence-electron chi connectivity index (χ2n) is 3.88. The lowest BCUT2D eigenvalue weighted by atomic mass is 10.2. The molecule has 1 amide bonds. The van der Waals surface area contributed by atoms with Gasteiger partial charge in [0.1, 0.15) is 0 Å². The van der Waals surface area contributed by atoms with Crippen molar-refractivity contribution in [3.63, 3.8) is 0 Å². The van der Waals surface area contributed by atoms with E-state index in [4.69, 9.17) is 5.11 Å². The highest BCUT2D eigenvalue weighted by atomic mass is 16.4. The van der Waals surface area contributed by atoms with Crippen LogP contribution in [-0.4, -0.2) is 27.0 Å². The predicted molar refractivity (Wildman–Crippen MR) is 68.1 cm³/mol. The van der Waals surface area contributed by atoms with Gasteiger partial charge in [-0.25, -0.2) is 14.8 Å². The molecule has 0 spiro atoms. The number of hydrogen-bond donors (Lipinski definition) is 2. The van der Waals surface area contributed by atoms with E-state index in [0.717, 1.165) is 5.56 Å². The van der Waals surface area contributed by atoms with Crippen LogP contribution in [0.15, 0.2) is 36.7 Å². The number of rotatable bonds is 3. The average Bonchev–Trinajstić information content (AvgIpc) is 2.38. The summed E-state index contributed by atoms with van der Waals surface area (Å²) in [6.45, 7) is 1.89. The summed E-state index contributed by atoms with van der Waals surface area (Å²) in [7, 11) is 0. The Bertz CT molecular complexity index is 641. The van der Waals surface area contributed by atoms with E-state index in [9.17, 15) is 9.59 Å². The largest absolute Gasteiger partial charge is 0.476 e. The second kappa shape index (κ2) is 5.26. The third-order valence-electron chi connectivity index (χ3n) is 2.39. The van der Waals surface area contributed by atoms with Crippen molar-refractivity contribution in [2.75, 3.05) is 5.32 Å². The highest BCUT2D eigenvalue weighted by Crippen LogP contribution is 2.11. The molecule has 0 bridgehead atoms. The van der Waals surface area contributed by atoms with Crippen molar-refractivity contribution in [3.8, 4) is 0 Å². The maximum Gasteiger partial charge on any atom is 0.356 e. The fraction of sp³-hybridized carbons (Fsp3) is 0.0769. The van der Waals surface area contributed by atoms with Crippen LogP contribution in [0, 0.1) is 6.92 Å². The Labute approximate surface area is 109 Å². The number of benzene rings is 1. The topological polar surface area (TPSA) is 92.2 Å². The van der Waals surface area contributed by atoms with Crippen LogP contribution in [0.5, 0.6) is 0 Å². The molecule has 6 nitrogen and oxygen atoms in total. The van der Waals surface area contributed by atoms with Crippen LogP contribution in [0.2, 0.25) is 0 Å². The summed E-state index contributed by atoms with van der Waals surface area (Å²) in [5.74, 6) is -1.89. The van der Waals surface area contributed by atoms with Crippen molar-refractivity contribution >= 4 is 17.6 Å². The van der Waals surface area contributed by atoms with E-state index in [1.54, 1.807) is 18.2 Å². The molecule has 1 aromatic heterocycles. The van der Waals surface area contributed by atoms with Crippen molar-refractivity contribution in [1.29, 1.82) is 0 Å². The molecule has 2 rings (SSSR count). The third kappa shape index (κ3) is 2.92. The minimum Gasteiger partial charge on any atom is -0.476 e. The van der Waals surface area contributed by atoms with Gasteiger partial charge in [0.2, 0.25) is 0 Å². The molecule has 0 aliphatic carbocycles. The number of anilines is 1. The summed E-state index contributed by atoms with van der Waals surface area (Å²) in [4.78, 5) is 30.3. The van der Waals surface area contributed by atoms with E-state index in [0.29, 0.717) is 5.69 Å². The monoisotopic (exact) mass is 257 g/mol. The second-order valence-corrected chi connectivity index (χ2v) is 3.88. The molecule has 0 saturated heterocycles. The van der Waals surface area contributed by atoms with Crippen LogP contribution in [-0.2, 0) is 0 Å². The highest BCUT2D eigenvalue weighted by Gasteiger charge is 2.19. The first kappa shape index (κ1) is 12.7. The van der Waals surface area contributed by atoms with Crippen molar-refractivity contribution in [3.05, 3.63) is 53.6 Å². The summed E-state index contributed by atoms with van der Waals surface area (Å²) >= 11 is 0. The molecule has 0 radical (unpaired) electrons. The molecule has 1 heterocycles. The van der Waals surface area contributed by atoms with Gasteiger partial charge in [-0.15, -0.1) is 0 Å². The lowest BCUT2D eigenvalue weighted by Crippen LogP contribution is -2.19. The molecule has 0 aliphatic heterocycles. The lowest BCUT2D eigenvalue weighted by molar-refractivity contribution is 0.0685. The van der Waals surface area contributed by atoms with Gasteiger partial charge in [0.25, 0.3) is 5.91 Å². The number of aryl methyl sites for hydroxylation is 1. The average molecular weight is 257 g/mol. The van der Waals surface area contributed by atoms with Gasteiger partial charge in [-0.1, -0.05) is 12.1 Å². The molecule has 2 aromatic rings. The molecule has 19 heavy (non-hydrogen) atoms. The first-order valence-corrected chi connectivity index (χ1v) is 5.50. The van der Waals surface area contributed by atoms with Gasteiger partial charge >= 0.3 is 5.97 Å². The number of carbonyl (C=O) groups excluding carboxylic acids is 1. The zero-order valence-corrected chi connectivity index (χ0v) is 10.1. The van der Waals surface area contributed by atoms with Crippen molar-refractivity contribution in [1.82, 2.24) is 9.97 Å². The smallest absolute Gasteiger partial charge is 0.356 e. The summed E-state index contributed by atoms with van der Waals surface area (Å²) < 4.78 is 0. The van der Waals surface area contributed by atoms with Crippen molar-refractivity contribution in [2.24, 2.45) is 0 Å². The Morgan fingerprint density at radius 1 is 1.16 bits per heavy atom. The van der Waals surface area contributed by atoms with Gasteiger partial charge in [0, 0.05) is 18.1 Å². The standard InChI is InChI=1S/C13H11N3O3/c1-8-3-2-4-9(7-8)16-12(17)10-11(13(18)19)15-6-5-14-10/h2-7H,1H3,(H,16,17)(H,18,19). The Kier molecular flexibility index (Phi) is 3.51. The van der Waals surface area contributed by atoms with Crippen LogP contribution in [0.25, 0.3) is 0 Å². The van der Waals surface area contributed by atoms with Gasteiger partial charge in [0.15, 0.2) is 11.4 Å². The van der Waals surface area contributed by atoms with E-state index in [2.05, 4.69) is 15.3 Å². The van der Waals surface area contributed by atoms with Gasteiger partial charge in [0.05, 0.1) is 0 Å². The molecule has 0 fully saturated rings. The number of nitrogens with one attached hydrogen (secondary N) is 1. The number of carboxylic acids is 1. The molecule has 6 heteroatoms. The highest BCUT2D eigenvalue weighted by molar-refractivity contribution is 6.08. The molecule has 0 aliphatic rings. The SMILES string of the molecule is Cc1cccc(NC(=O)c2nccnc2C(=O)O)c1. The van der Waals surface area contributed by atoms with Gasteiger partial charge in [-0.05, 0) is 24.6 Å². The number of carboxylic acid groups (broad SMARTS) is 1. The molecule has 0 unspecified atom stereocenters. The maximum absolute atomic E-state index is 12.0. The van der Waals surface area contributed by atoms with Crippen LogP contribution in [0.3, 0.4) is 0 Å². The number of carbonyl (C=O) groups is 2. The number of amides is 1. The summed E-state index contributed by atoms with van der Waals surface area (Å²) in [5.41, 5.74) is 0.978. The number of hydrogen-bond acceptors (Lipinski definition) is 4. The molecular formula is C13H11N3O3. The Morgan fingerprint density at radius 3 is 2.47 bits per heavy atom. The van der Waals surface area contributed by atoms with Gasteiger partial charge in [-0.3, -0.25) is 4.79 Å². The van der Waals surface area contributed by atoms with E-state index in [1.807, 2.05) is 13.0 Å². The Hall–Kier alpha value is -2.76. The molecule has 0 saturated carbocycles. The van der Waals surface area contributed by atoms with Crippen LogP contribution in [0.4, 0.5) is 5.69 Å². The normalized spacial score (nSPS) is 9.95. The molecule has 2 N–H and O–H groups in total. The maximum atomic E-state index is 12.0.